The summed E-state index contributed by atoms with van der Waals surface area (Å²) < 4.78 is 5.12. The summed E-state index contributed by atoms with van der Waals surface area (Å²) in [6, 6.07) is 9.32. The van der Waals surface area contributed by atoms with Gasteiger partial charge in [-0.15, -0.1) is 11.8 Å². The summed E-state index contributed by atoms with van der Waals surface area (Å²) in [6.07, 6.45) is 6.27. The minimum Gasteiger partial charge on any atom is -0.452 e. The zero-order valence-corrected chi connectivity index (χ0v) is 14.9. The maximum atomic E-state index is 12.3. The molecular formula is C18H22N2O3S. The number of hydrogen-bond donors (Lipinski definition) is 0. The van der Waals surface area contributed by atoms with E-state index in [1.165, 1.54) is 4.90 Å². The predicted molar refractivity (Wildman–Crippen MR) is 92.7 cm³/mol. The molecule has 6 heteroatoms. The molecule has 128 valence electrons. The average molecular weight is 346 g/mol. The molecule has 0 saturated heterocycles. The molecule has 0 atom stereocenters. The van der Waals surface area contributed by atoms with Crippen LogP contribution in [0.4, 0.5) is 0 Å². The second-order valence-corrected chi connectivity index (χ2v) is 6.84. The molecule has 1 aromatic carbocycles. The fraction of sp³-hybridized carbons (Fsp3) is 0.500. The number of hydrogen-bond acceptors (Lipinski definition) is 5. The highest BCUT2D eigenvalue weighted by Gasteiger charge is 2.38. The van der Waals surface area contributed by atoms with Crippen molar-refractivity contribution in [1.29, 1.82) is 5.26 Å². The van der Waals surface area contributed by atoms with E-state index in [1.54, 1.807) is 30.9 Å². The monoisotopic (exact) mass is 346 g/mol. The molecule has 1 aliphatic carbocycles. The smallest absolute Gasteiger partial charge is 0.338 e. The Kier molecular flexibility index (Phi) is 6.27. The van der Waals surface area contributed by atoms with E-state index < -0.39 is 11.5 Å². The molecule has 1 saturated carbocycles. The second kappa shape index (κ2) is 8.20. The van der Waals surface area contributed by atoms with Gasteiger partial charge in [0.15, 0.2) is 6.61 Å². The fourth-order valence-electron chi connectivity index (χ4n) is 2.93. The van der Waals surface area contributed by atoms with Gasteiger partial charge in [0.25, 0.3) is 5.91 Å². The van der Waals surface area contributed by atoms with Crippen molar-refractivity contribution >= 4 is 23.6 Å². The van der Waals surface area contributed by atoms with E-state index in [-0.39, 0.29) is 12.5 Å². The molecule has 0 unspecified atom stereocenters. The van der Waals surface area contributed by atoms with Crippen LogP contribution in [0.15, 0.2) is 29.2 Å². The van der Waals surface area contributed by atoms with Crippen LogP contribution in [-0.2, 0) is 9.53 Å². The summed E-state index contributed by atoms with van der Waals surface area (Å²) in [5.41, 5.74) is -0.349. The summed E-state index contributed by atoms with van der Waals surface area (Å²) >= 11 is 1.59. The third-order valence-electron chi connectivity index (χ3n) is 4.56. The molecule has 0 heterocycles. The molecule has 0 bridgehead atoms. The van der Waals surface area contributed by atoms with E-state index in [0.717, 1.165) is 24.2 Å². The molecule has 0 aromatic heterocycles. The van der Waals surface area contributed by atoms with E-state index >= 15 is 0 Å². The Morgan fingerprint density at radius 1 is 1.25 bits per heavy atom. The lowest BCUT2D eigenvalue weighted by atomic mass is 9.81. The Morgan fingerprint density at radius 2 is 1.88 bits per heavy atom. The first kappa shape index (κ1) is 18.3. The molecule has 2 rings (SSSR count). The van der Waals surface area contributed by atoms with E-state index in [0.29, 0.717) is 18.4 Å². The van der Waals surface area contributed by atoms with Crippen LogP contribution in [0.3, 0.4) is 0 Å². The van der Waals surface area contributed by atoms with E-state index in [9.17, 15) is 14.9 Å². The third kappa shape index (κ3) is 4.09. The Hall–Kier alpha value is -2.00. The molecule has 5 nitrogen and oxygen atoms in total. The van der Waals surface area contributed by atoms with Gasteiger partial charge in [0.05, 0.1) is 11.6 Å². The molecule has 0 N–H and O–H groups in total. The molecule has 0 aliphatic heterocycles. The van der Waals surface area contributed by atoms with Crippen molar-refractivity contribution in [3.8, 4) is 6.07 Å². The summed E-state index contributed by atoms with van der Waals surface area (Å²) in [4.78, 5) is 26.9. The van der Waals surface area contributed by atoms with Gasteiger partial charge in [0.2, 0.25) is 0 Å². The third-order valence-corrected chi connectivity index (χ3v) is 5.30. The van der Waals surface area contributed by atoms with Crippen molar-refractivity contribution < 1.29 is 14.3 Å². The molecule has 24 heavy (non-hydrogen) atoms. The highest BCUT2D eigenvalue weighted by atomic mass is 32.2. The lowest BCUT2D eigenvalue weighted by molar-refractivity contribution is -0.138. The molecule has 1 fully saturated rings. The Bertz CT molecular complexity index is 631. The number of ether oxygens (including phenoxy) is 1. The number of benzene rings is 1. The molecule has 1 aliphatic rings. The van der Waals surface area contributed by atoms with Crippen molar-refractivity contribution in [2.45, 2.75) is 42.5 Å². The quantitative estimate of drug-likeness (QED) is 0.604. The summed E-state index contributed by atoms with van der Waals surface area (Å²) in [5.74, 6) is -0.869. The van der Waals surface area contributed by atoms with Crippen molar-refractivity contribution in [3.05, 3.63) is 29.8 Å². The van der Waals surface area contributed by atoms with Crippen LogP contribution in [0.2, 0.25) is 0 Å². The first-order valence-electron chi connectivity index (χ1n) is 8.01. The van der Waals surface area contributed by atoms with Gasteiger partial charge >= 0.3 is 5.97 Å². The van der Waals surface area contributed by atoms with Crippen molar-refractivity contribution in [2.24, 2.45) is 0 Å². The van der Waals surface area contributed by atoms with Crippen molar-refractivity contribution in [3.63, 3.8) is 0 Å². The minimum atomic E-state index is -0.762. The Morgan fingerprint density at radius 3 is 2.42 bits per heavy atom. The van der Waals surface area contributed by atoms with Crippen LogP contribution in [0.25, 0.3) is 0 Å². The summed E-state index contributed by atoms with van der Waals surface area (Å²) in [6.45, 7) is -0.344. The van der Waals surface area contributed by atoms with E-state index in [1.807, 2.05) is 18.4 Å². The zero-order valence-electron chi connectivity index (χ0n) is 14.1. The van der Waals surface area contributed by atoms with Gasteiger partial charge in [-0.3, -0.25) is 4.79 Å². The number of carbonyl (C=O) groups is 2. The minimum absolute atomic E-state index is 0.340. The van der Waals surface area contributed by atoms with Gasteiger partial charge in [0, 0.05) is 11.9 Å². The first-order chi connectivity index (χ1) is 11.5. The lowest BCUT2D eigenvalue weighted by Gasteiger charge is -2.38. The number of amides is 1. The van der Waals surface area contributed by atoms with Gasteiger partial charge in [-0.2, -0.15) is 5.26 Å². The molecule has 1 amide bonds. The van der Waals surface area contributed by atoms with Gasteiger partial charge in [-0.1, -0.05) is 19.3 Å². The summed E-state index contributed by atoms with van der Waals surface area (Å²) in [7, 11) is 1.62. The number of esters is 1. The summed E-state index contributed by atoms with van der Waals surface area (Å²) in [5, 5.41) is 9.51. The van der Waals surface area contributed by atoms with E-state index in [2.05, 4.69) is 6.07 Å². The second-order valence-electron chi connectivity index (χ2n) is 5.96. The maximum absolute atomic E-state index is 12.3. The van der Waals surface area contributed by atoms with Crippen LogP contribution >= 0.6 is 11.8 Å². The number of carbonyl (C=O) groups excluding carboxylic acids is 2. The highest BCUT2D eigenvalue weighted by molar-refractivity contribution is 7.98. The van der Waals surface area contributed by atoms with Crippen LogP contribution < -0.4 is 0 Å². The number of nitriles is 1. The normalized spacial score (nSPS) is 16.0. The van der Waals surface area contributed by atoms with Crippen LogP contribution in [0.1, 0.15) is 42.5 Å². The van der Waals surface area contributed by atoms with Crippen molar-refractivity contribution in [1.82, 2.24) is 4.90 Å². The number of thioether (sulfide) groups is 1. The first-order valence-corrected chi connectivity index (χ1v) is 9.24. The largest absolute Gasteiger partial charge is 0.452 e. The zero-order chi connectivity index (χ0) is 17.6. The predicted octanol–water partition coefficient (Wildman–Crippen LogP) is 3.25. The number of likely N-dealkylation sites (N-methyl/N-ethyl adjacent to an activating group) is 1. The standard InChI is InChI=1S/C18H22N2O3S/c1-20(18(13-19)10-4-3-5-11-18)16(21)12-23-17(22)14-6-8-15(24-2)9-7-14/h6-9H,3-5,10-12H2,1-2H3. The van der Waals surface area contributed by atoms with Gasteiger partial charge < -0.3 is 9.64 Å². The van der Waals surface area contributed by atoms with E-state index in [4.69, 9.17) is 4.74 Å². The molecule has 1 aromatic rings. The van der Waals surface area contributed by atoms with Crippen LogP contribution in [-0.4, -0.2) is 42.2 Å². The molecule has 0 radical (unpaired) electrons. The Balaban J connectivity index is 1.93. The molecule has 0 spiro atoms. The van der Waals surface area contributed by atoms with Crippen LogP contribution in [0.5, 0.6) is 0 Å². The lowest BCUT2D eigenvalue weighted by Crippen LogP contribution is -2.51. The maximum Gasteiger partial charge on any atom is 0.338 e. The Labute approximate surface area is 147 Å². The molecular weight excluding hydrogens is 324 g/mol. The SMILES string of the molecule is CSc1ccc(C(=O)OCC(=O)N(C)C2(C#N)CCCCC2)cc1. The van der Waals surface area contributed by atoms with Gasteiger partial charge in [-0.25, -0.2) is 4.79 Å². The van der Waals surface area contributed by atoms with Gasteiger partial charge in [0.1, 0.15) is 5.54 Å². The highest BCUT2D eigenvalue weighted by Crippen LogP contribution is 2.32. The average Bonchev–Trinajstić information content (AvgIpc) is 2.65. The van der Waals surface area contributed by atoms with Gasteiger partial charge in [-0.05, 0) is 43.4 Å². The fourth-order valence-corrected chi connectivity index (χ4v) is 3.34. The van der Waals surface area contributed by atoms with Crippen LogP contribution in [0, 0.1) is 11.3 Å². The number of nitrogens with zero attached hydrogens (tertiary/aromatic N) is 2. The topological polar surface area (TPSA) is 70.4 Å². The van der Waals surface area contributed by atoms with Crippen molar-refractivity contribution in [2.75, 3.05) is 19.9 Å². The number of rotatable bonds is 5.